The van der Waals surface area contributed by atoms with Crippen LogP contribution < -0.4 is 11.5 Å². The molecule has 0 fully saturated rings. The van der Waals surface area contributed by atoms with Gasteiger partial charge in [-0.2, -0.15) is 18.3 Å². The van der Waals surface area contributed by atoms with Crippen LogP contribution in [0.3, 0.4) is 0 Å². The Balaban J connectivity index is 2.23. The molecule has 3 rings (SSSR count). The molecule has 0 spiro atoms. The minimum atomic E-state index is -4.48. The molecule has 3 aromatic rings. The third-order valence-corrected chi connectivity index (χ3v) is 6.77. The van der Waals surface area contributed by atoms with Crippen LogP contribution in [0.5, 0.6) is 0 Å². The average molecular weight is 451 g/mol. The van der Waals surface area contributed by atoms with Crippen LogP contribution >= 0.6 is 11.3 Å². The number of hydrogen-bond donors (Lipinski definition) is 2. The molecule has 0 bridgehead atoms. The first kappa shape index (κ1) is 23.0. The van der Waals surface area contributed by atoms with Gasteiger partial charge in [-0.15, -0.1) is 11.3 Å². The van der Waals surface area contributed by atoms with Gasteiger partial charge in [-0.3, -0.25) is 9.48 Å². The van der Waals surface area contributed by atoms with Gasteiger partial charge in [0.25, 0.3) is 5.91 Å². The van der Waals surface area contributed by atoms with E-state index in [1.165, 1.54) is 23.5 Å². The summed E-state index contributed by atoms with van der Waals surface area (Å²) in [7, 11) is 1.80. The van der Waals surface area contributed by atoms with Gasteiger partial charge in [-0.1, -0.05) is 25.1 Å². The topological polar surface area (TPSA) is 86.9 Å². The third kappa shape index (κ3) is 4.38. The number of amides is 1. The van der Waals surface area contributed by atoms with Crippen molar-refractivity contribution in [3.8, 4) is 11.3 Å². The van der Waals surface area contributed by atoms with Gasteiger partial charge in [0.05, 0.1) is 22.3 Å². The van der Waals surface area contributed by atoms with Crippen molar-refractivity contribution < 1.29 is 18.0 Å². The normalized spacial score (nSPS) is 12.9. The molecule has 1 atom stereocenters. The zero-order chi connectivity index (χ0) is 22.9. The number of nitrogens with zero attached hydrogens (tertiary/aromatic N) is 2. The number of halogens is 3. The van der Waals surface area contributed by atoms with E-state index in [1.54, 1.807) is 24.0 Å². The molecule has 0 aliphatic heterocycles. The molecule has 0 saturated carbocycles. The minimum absolute atomic E-state index is 0.0379. The second kappa shape index (κ2) is 8.84. The van der Waals surface area contributed by atoms with Crippen molar-refractivity contribution in [1.29, 1.82) is 0 Å². The molecule has 4 N–H and O–H groups in total. The molecule has 31 heavy (non-hydrogen) atoms. The highest BCUT2D eigenvalue weighted by atomic mass is 32.1. The lowest BCUT2D eigenvalue weighted by atomic mass is 9.85. The van der Waals surface area contributed by atoms with Crippen molar-refractivity contribution in [2.45, 2.75) is 38.8 Å². The van der Waals surface area contributed by atoms with Crippen LogP contribution in [0.1, 0.15) is 49.6 Å². The van der Waals surface area contributed by atoms with Gasteiger partial charge >= 0.3 is 6.18 Å². The van der Waals surface area contributed by atoms with Gasteiger partial charge in [0, 0.05) is 23.4 Å². The van der Waals surface area contributed by atoms with Crippen molar-refractivity contribution in [2.75, 3.05) is 6.54 Å². The van der Waals surface area contributed by atoms with E-state index in [2.05, 4.69) is 5.10 Å². The lowest BCUT2D eigenvalue weighted by Crippen LogP contribution is -2.21. The lowest BCUT2D eigenvalue weighted by molar-refractivity contribution is -0.138. The van der Waals surface area contributed by atoms with Crippen molar-refractivity contribution >= 4 is 17.2 Å². The Morgan fingerprint density at radius 2 is 1.97 bits per heavy atom. The fraction of sp³-hybridized carbons (Fsp3) is 0.364. The summed E-state index contributed by atoms with van der Waals surface area (Å²) in [4.78, 5) is 13.6. The Kier molecular flexibility index (Phi) is 6.56. The summed E-state index contributed by atoms with van der Waals surface area (Å²) in [5, 5.41) is 4.30. The molecule has 0 aliphatic carbocycles. The Morgan fingerprint density at radius 3 is 2.48 bits per heavy atom. The fourth-order valence-corrected chi connectivity index (χ4v) is 5.20. The van der Waals surface area contributed by atoms with E-state index < -0.39 is 23.6 Å². The van der Waals surface area contributed by atoms with E-state index in [1.807, 2.05) is 13.8 Å². The summed E-state index contributed by atoms with van der Waals surface area (Å²) in [6, 6.07) is 5.46. The van der Waals surface area contributed by atoms with Crippen LogP contribution in [0.25, 0.3) is 11.3 Å². The molecule has 0 unspecified atom stereocenters. The molecule has 0 saturated heterocycles. The van der Waals surface area contributed by atoms with Crippen molar-refractivity contribution in [3.05, 3.63) is 62.5 Å². The second-order valence-corrected chi connectivity index (χ2v) is 8.56. The quantitative estimate of drug-likeness (QED) is 0.559. The molecule has 1 aromatic carbocycles. The number of carbonyl (C=O) groups is 1. The van der Waals surface area contributed by atoms with E-state index in [4.69, 9.17) is 11.5 Å². The van der Waals surface area contributed by atoms with Gasteiger partial charge in [-0.05, 0) is 49.1 Å². The number of primary amides is 1. The Labute approximate surface area is 182 Å². The predicted octanol–water partition coefficient (Wildman–Crippen LogP) is 4.42. The standard InChI is InChI=1S/C22H25F3N4OS/c1-4-16-18(19-12(2)11-28-29(19)3)17(20(31-16)21(27)30)14(10-26)9-13-7-5-6-8-15(13)22(23,24)25/h5-8,11,14H,4,9-10,26H2,1-3H3,(H2,27,30)/t14-/m1/s1. The Bertz CT molecular complexity index is 1080. The van der Waals surface area contributed by atoms with Gasteiger partial charge in [-0.25, -0.2) is 0 Å². The number of nitrogens with two attached hydrogens (primary N) is 2. The second-order valence-electron chi connectivity index (χ2n) is 7.45. The van der Waals surface area contributed by atoms with Crippen LogP contribution in [0.15, 0.2) is 30.5 Å². The first-order valence-corrected chi connectivity index (χ1v) is 10.7. The van der Waals surface area contributed by atoms with Crippen molar-refractivity contribution in [3.63, 3.8) is 0 Å². The summed E-state index contributed by atoms with van der Waals surface area (Å²) in [6.07, 6.45) is -2.08. The van der Waals surface area contributed by atoms with E-state index in [9.17, 15) is 18.0 Å². The zero-order valence-corrected chi connectivity index (χ0v) is 18.4. The number of aromatic nitrogens is 2. The van der Waals surface area contributed by atoms with Crippen molar-refractivity contribution in [2.24, 2.45) is 18.5 Å². The van der Waals surface area contributed by atoms with Crippen LogP contribution in [-0.4, -0.2) is 22.2 Å². The van der Waals surface area contributed by atoms with Crippen molar-refractivity contribution in [1.82, 2.24) is 9.78 Å². The monoisotopic (exact) mass is 450 g/mol. The maximum Gasteiger partial charge on any atom is 0.416 e. The van der Waals surface area contributed by atoms with Gasteiger partial charge in [0.15, 0.2) is 0 Å². The molecule has 2 heterocycles. The fourth-order valence-electron chi connectivity index (χ4n) is 4.02. The molecular weight excluding hydrogens is 425 g/mol. The molecule has 5 nitrogen and oxygen atoms in total. The number of benzene rings is 1. The molecule has 9 heteroatoms. The maximum atomic E-state index is 13.6. The van der Waals surface area contributed by atoms with E-state index in [-0.39, 0.29) is 18.5 Å². The predicted molar refractivity (Wildman–Crippen MR) is 116 cm³/mol. The largest absolute Gasteiger partial charge is 0.416 e. The van der Waals surface area contributed by atoms with Gasteiger partial charge < -0.3 is 11.5 Å². The number of carbonyl (C=O) groups excluding carboxylic acids is 1. The van der Waals surface area contributed by atoms with Crippen LogP contribution in [-0.2, 0) is 26.1 Å². The molecule has 166 valence electrons. The first-order chi connectivity index (χ1) is 14.6. The van der Waals surface area contributed by atoms with Crippen LogP contribution in [0.2, 0.25) is 0 Å². The maximum absolute atomic E-state index is 13.6. The molecule has 1 amide bonds. The summed E-state index contributed by atoms with van der Waals surface area (Å²) in [6.45, 7) is 3.94. The van der Waals surface area contributed by atoms with E-state index >= 15 is 0 Å². The lowest BCUT2D eigenvalue weighted by Gasteiger charge is -2.21. The number of aryl methyl sites for hydroxylation is 3. The van der Waals surface area contributed by atoms with Gasteiger partial charge in [0.1, 0.15) is 0 Å². The summed E-state index contributed by atoms with van der Waals surface area (Å²) in [5.41, 5.74) is 14.3. The minimum Gasteiger partial charge on any atom is -0.365 e. The highest BCUT2D eigenvalue weighted by molar-refractivity contribution is 7.14. The zero-order valence-electron chi connectivity index (χ0n) is 17.6. The molecular formula is C22H25F3N4OS. The van der Waals surface area contributed by atoms with E-state index in [0.717, 1.165) is 27.8 Å². The number of rotatable bonds is 7. The van der Waals surface area contributed by atoms with Crippen LogP contribution in [0.4, 0.5) is 13.2 Å². The summed E-state index contributed by atoms with van der Waals surface area (Å²) < 4.78 is 42.4. The first-order valence-electron chi connectivity index (χ1n) is 9.89. The average Bonchev–Trinajstić information content (AvgIpc) is 3.24. The number of hydrogen-bond acceptors (Lipinski definition) is 4. The Hall–Kier alpha value is -2.65. The highest BCUT2D eigenvalue weighted by Gasteiger charge is 2.35. The van der Waals surface area contributed by atoms with Crippen LogP contribution in [0, 0.1) is 6.92 Å². The molecule has 2 aromatic heterocycles. The molecule has 0 radical (unpaired) electrons. The SMILES string of the molecule is CCc1sc(C(N)=O)c([C@@H](CN)Cc2ccccc2C(F)(F)F)c1-c1c(C)cnn1C. The highest BCUT2D eigenvalue weighted by Crippen LogP contribution is 2.43. The van der Waals surface area contributed by atoms with E-state index in [0.29, 0.717) is 16.9 Å². The molecule has 0 aliphatic rings. The third-order valence-electron chi connectivity index (χ3n) is 5.40. The summed E-state index contributed by atoms with van der Waals surface area (Å²) >= 11 is 1.28. The Morgan fingerprint density at radius 1 is 1.29 bits per heavy atom. The van der Waals surface area contributed by atoms with Gasteiger partial charge in [0.2, 0.25) is 0 Å². The smallest absolute Gasteiger partial charge is 0.365 e. The number of thiophene rings is 1. The number of alkyl halides is 3. The summed E-state index contributed by atoms with van der Waals surface area (Å²) in [5.74, 6) is -1.13.